The molecule has 3 atom stereocenters. The van der Waals surface area contributed by atoms with Gasteiger partial charge >= 0.3 is 0 Å². The number of Topliss-reactive ketones (excluding diaryl/α,β-unsaturated/α-hetero) is 1. The third-order valence-corrected chi connectivity index (χ3v) is 3.65. The molecule has 0 saturated carbocycles. The van der Waals surface area contributed by atoms with Gasteiger partial charge in [0.25, 0.3) is 0 Å². The highest BCUT2D eigenvalue weighted by molar-refractivity contribution is 5.98. The van der Waals surface area contributed by atoms with Gasteiger partial charge in [-0.3, -0.25) is 4.79 Å². The van der Waals surface area contributed by atoms with E-state index >= 15 is 0 Å². The SMILES string of the molecule is O=C(c1ccc(F)c(F)c1)C1CC2CCC1O2. The van der Waals surface area contributed by atoms with Crippen molar-refractivity contribution in [3.05, 3.63) is 35.4 Å². The molecule has 2 heterocycles. The highest BCUT2D eigenvalue weighted by atomic mass is 19.2. The van der Waals surface area contributed by atoms with E-state index in [-0.39, 0.29) is 29.5 Å². The Hall–Kier alpha value is -1.29. The third-order valence-electron chi connectivity index (χ3n) is 3.65. The zero-order valence-electron chi connectivity index (χ0n) is 9.16. The lowest BCUT2D eigenvalue weighted by molar-refractivity contribution is 0.0743. The van der Waals surface area contributed by atoms with E-state index in [9.17, 15) is 13.6 Å². The zero-order chi connectivity index (χ0) is 12.0. The standard InChI is InChI=1S/C13H12F2O2/c14-10-3-1-7(5-11(10)15)13(16)9-6-8-2-4-12(9)17-8/h1,3,5,8-9,12H,2,4,6H2. The predicted octanol–water partition coefficient (Wildman–Crippen LogP) is 2.72. The molecule has 3 rings (SSSR count). The van der Waals surface area contributed by atoms with Gasteiger partial charge in [-0.05, 0) is 37.5 Å². The second kappa shape index (κ2) is 3.88. The number of ketones is 1. The molecule has 0 aromatic heterocycles. The van der Waals surface area contributed by atoms with E-state index in [0.717, 1.165) is 25.0 Å². The van der Waals surface area contributed by atoms with Crippen molar-refractivity contribution in [2.24, 2.45) is 5.92 Å². The monoisotopic (exact) mass is 238 g/mol. The maximum absolute atomic E-state index is 13.1. The minimum atomic E-state index is -0.972. The molecule has 2 fully saturated rings. The molecule has 4 heteroatoms. The van der Waals surface area contributed by atoms with Gasteiger partial charge in [0, 0.05) is 5.56 Å². The maximum atomic E-state index is 13.1. The lowest BCUT2D eigenvalue weighted by Crippen LogP contribution is -2.25. The van der Waals surface area contributed by atoms with Gasteiger partial charge in [-0.1, -0.05) is 0 Å². The van der Waals surface area contributed by atoms with Crippen molar-refractivity contribution in [3.63, 3.8) is 0 Å². The van der Waals surface area contributed by atoms with Crippen molar-refractivity contribution >= 4 is 5.78 Å². The molecule has 2 aliphatic heterocycles. The fourth-order valence-corrected chi connectivity index (χ4v) is 2.78. The molecule has 2 saturated heterocycles. The largest absolute Gasteiger partial charge is 0.374 e. The summed E-state index contributed by atoms with van der Waals surface area (Å²) in [5.41, 5.74) is 0.241. The molecular weight excluding hydrogens is 226 g/mol. The second-order valence-corrected chi connectivity index (χ2v) is 4.71. The topological polar surface area (TPSA) is 26.3 Å². The van der Waals surface area contributed by atoms with E-state index in [1.54, 1.807) is 0 Å². The molecule has 0 radical (unpaired) electrons. The van der Waals surface area contributed by atoms with E-state index in [0.29, 0.717) is 6.42 Å². The first-order chi connectivity index (χ1) is 8.15. The highest BCUT2D eigenvalue weighted by Gasteiger charge is 2.44. The van der Waals surface area contributed by atoms with E-state index < -0.39 is 11.6 Å². The molecule has 0 amide bonds. The summed E-state index contributed by atoms with van der Waals surface area (Å²) < 4.78 is 31.4. The molecule has 0 spiro atoms. The minimum Gasteiger partial charge on any atom is -0.374 e. The quantitative estimate of drug-likeness (QED) is 0.740. The van der Waals surface area contributed by atoms with Crippen LogP contribution >= 0.6 is 0 Å². The second-order valence-electron chi connectivity index (χ2n) is 4.71. The Morgan fingerprint density at radius 3 is 2.65 bits per heavy atom. The number of hydrogen-bond donors (Lipinski definition) is 0. The van der Waals surface area contributed by atoms with Gasteiger partial charge in [-0.2, -0.15) is 0 Å². The van der Waals surface area contributed by atoms with Crippen LogP contribution < -0.4 is 0 Å². The van der Waals surface area contributed by atoms with Crippen molar-refractivity contribution in [3.8, 4) is 0 Å². The lowest BCUT2D eigenvalue weighted by atomic mass is 9.84. The van der Waals surface area contributed by atoms with Gasteiger partial charge in [0.1, 0.15) is 0 Å². The van der Waals surface area contributed by atoms with Gasteiger partial charge < -0.3 is 4.74 Å². The van der Waals surface area contributed by atoms with Gasteiger partial charge in [0.15, 0.2) is 17.4 Å². The lowest BCUT2D eigenvalue weighted by Gasteiger charge is -2.17. The third kappa shape index (κ3) is 1.76. The molecule has 3 unspecified atom stereocenters. The number of carbonyl (C=O) groups is 1. The summed E-state index contributed by atoms with van der Waals surface area (Å²) in [6.45, 7) is 0. The molecule has 17 heavy (non-hydrogen) atoms. The molecule has 1 aromatic rings. The molecule has 2 aliphatic rings. The minimum absolute atomic E-state index is 0.0272. The Morgan fingerprint density at radius 1 is 1.24 bits per heavy atom. The average Bonchev–Trinajstić information content (AvgIpc) is 2.93. The zero-order valence-corrected chi connectivity index (χ0v) is 9.16. The Bertz CT molecular complexity index is 472. The van der Waals surface area contributed by atoms with Crippen LogP contribution in [0.15, 0.2) is 18.2 Å². The van der Waals surface area contributed by atoms with Crippen LogP contribution in [0.4, 0.5) is 8.78 Å². The number of halogens is 2. The van der Waals surface area contributed by atoms with Crippen LogP contribution in [0.1, 0.15) is 29.6 Å². The predicted molar refractivity (Wildman–Crippen MR) is 56.7 cm³/mol. The summed E-state index contributed by atoms with van der Waals surface area (Å²) in [6, 6.07) is 3.31. The van der Waals surface area contributed by atoms with Crippen molar-refractivity contribution < 1.29 is 18.3 Å². The van der Waals surface area contributed by atoms with Crippen molar-refractivity contribution in [1.29, 1.82) is 0 Å². The maximum Gasteiger partial charge on any atom is 0.168 e. The fourth-order valence-electron chi connectivity index (χ4n) is 2.78. The average molecular weight is 238 g/mol. The Balaban J connectivity index is 1.84. The Kier molecular flexibility index (Phi) is 2.47. The van der Waals surface area contributed by atoms with Gasteiger partial charge in [-0.15, -0.1) is 0 Å². The molecule has 2 nitrogen and oxygen atoms in total. The molecule has 90 valence electrons. The number of ether oxygens (including phenoxy) is 1. The van der Waals surface area contributed by atoms with Crippen molar-refractivity contribution in [2.45, 2.75) is 31.5 Å². The Morgan fingerprint density at radius 2 is 2.06 bits per heavy atom. The summed E-state index contributed by atoms with van der Waals surface area (Å²) >= 11 is 0. The van der Waals surface area contributed by atoms with Crippen LogP contribution in [0.25, 0.3) is 0 Å². The van der Waals surface area contributed by atoms with Crippen molar-refractivity contribution in [1.82, 2.24) is 0 Å². The number of benzene rings is 1. The van der Waals surface area contributed by atoms with Crippen molar-refractivity contribution in [2.75, 3.05) is 0 Å². The van der Waals surface area contributed by atoms with Crippen LogP contribution in [0.3, 0.4) is 0 Å². The van der Waals surface area contributed by atoms with Gasteiger partial charge in [0.2, 0.25) is 0 Å². The first-order valence-corrected chi connectivity index (χ1v) is 5.80. The van der Waals surface area contributed by atoms with Crippen LogP contribution in [0.5, 0.6) is 0 Å². The smallest absolute Gasteiger partial charge is 0.168 e. The van der Waals surface area contributed by atoms with Gasteiger partial charge in [-0.25, -0.2) is 8.78 Å². The van der Waals surface area contributed by atoms with Crippen LogP contribution in [-0.2, 0) is 4.74 Å². The molecule has 0 N–H and O–H groups in total. The van der Waals surface area contributed by atoms with E-state index in [1.165, 1.54) is 6.07 Å². The first kappa shape index (κ1) is 10.8. The molecule has 2 bridgehead atoms. The molecular formula is C13H12F2O2. The van der Waals surface area contributed by atoms with Gasteiger partial charge in [0.05, 0.1) is 18.1 Å². The van der Waals surface area contributed by atoms with Crippen LogP contribution in [-0.4, -0.2) is 18.0 Å². The summed E-state index contributed by atoms with van der Waals surface area (Å²) in [5, 5.41) is 0. The highest BCUT2D eigenvalue weighted by Crippen LogP contribution is 2.40. The molecule has 0 aliphatic carbocycles. The van der Waals surface area contributed by atoms with Crippen LogP contribution in [0, 0.1) is 17.6 Å². The molecule has 1 aromatic carbocycles. The number of rotatable bonds is 2. The number of carbonyl (C=O) groups excluding carboxylic acids is 1. The fraction of sp³-hybridized carbons (Fsp3) is 0.462. The summed E-state index contributed by atoms with van der Waals surface area (Å²) in [6.07, 6.45) is 2.76. The number of fused-ring (bicyclic) bond motifs is 2. The van der Waals surface area contributed by atoms with E-state index in [2.05, 4.69) is 0 Å². The normalized spacial score (nSPS) is 30.8. The van der Waals surface area contributed by atoms with Crippen LogP contribution in [0.2, 0.25) is 0 Å². The summed E-state index contributed by atoms with van der Waals surface area (Å²) in [7, 11) is 0. The van der Waals surface area contributed by atoms with E-state index in [4.69, 9.17) is 4.74 Å². The van der Waals surface area contributed by atoms with E-state index in [1.807, 2.05) is 0 Å². The summed E-state index contributed by atoms with van der Waals surface area (Å²) in [4.78, 5) is 12.1. The first-order valence-electron chi connectivity index (χ1n) is 5.80. The Labute approximate surface area is 97.6 Å². The number of hydrogen-bond acceptors (Lipinski definition) is 2. The summed E-state index contributed by atoms with van der Waals surface area (Å²) in [5.74, 6) is -2.21.